The lowest BCUT2D eigenvalue weighted by atomic mass is 10.2. The summed E-state index contributed by atoms with van der Waals surface area (Å²) >= 11 is 0. The van der Waals surface area contributed by atoms with Crippen molar-refractivity contribution in [3.63, 3.8) is 0 Å². The second kappa shape index (κ2) is 5.77. The summed E-state index contributed by atoms with van der Waals surface area (Å²) in [5.41, 5.74) is 0.709. The molecule has 1 aromatic heterocycles. The van der Waals surface area contributed by atoms with Crippen molar-refractivity contribution in [2.24, 2.45) is 0 Å². The van der Waals surface area contributed by atoms with E-state index in [2.05, 4.69) is 15.6 Å². The Morgan fingerprint density at radius 2 is 2.29 bits per heavy atom. The van der Waals surface area contributed by atoms with Crippen LogP contribution in [0, 0.1) is 0 Å². The number of amides is 1. The Morgan fingerprint density at radius 3 is 3.00 bits per heavy atom. The highest BCUT2D eigenvalue weighted by atomic mass is 16.3. The number of aliphatic hydroxyl groups excluding tert-OH is 1. The Morgan fingerprint density at radius 1 is 1.53 bits per heavy atom. The number of carbonyl (C=O) groups excluding carboxylic acids is 1. The van der Waals surface area contributed by atoms with Crippen LogP contribution in [0.4, 0.5) is 0 Å². The van der Waals surface area contributed by atoms with E-state index in [1.807, 2.05) is 0 Å². The minimum absolute atomic E-state index is 0.0163. The van der Waals surface area contributed by atoms with Crippen LogP contribution in [0.2, 0.25) is 0 Å². The molecule has 0 unspecified atom stereocenters. The zero-order valence-electron chi connectivity index (χ0n) is 9.80. The van der Waals surface area contributed by atoms with Crippen LogP contribution in [0.5, 0.6) is 0 Å². The number of aromatic nitrogens is 3. The van der Waals surface area contributed by atoms with Crippen LogP contribution in [0.15, 0.2) is 6.20 Å². The van der Waals surface area contributed by atoms with Gasteiger partial charge >= 0.3 is 0 Å². The average Bonchev–Trinajstić information content (AvgIpc) is 2.91. The maximum absolute atomic E-state index is 11.7. The first kappa shape index (κ1) is 12.0. The molecular weight excluding hydrogens is 220 g/mol. The third-order valence-electron chi connectivity index (χ3n) is 2.98. The van der Waals surface area contributed by atoms with Gasteiger partial charge in [0.05, 0.1) is 5.69 Å². The Labute approximate surface area is 100 Å². The van der Waals surface area contributed by atoms with Crippen molar-refractivity contribution >= 4 is 5.91 Å². The lowest BCUT2D eigenvalue weighted by Gasteiger charge is -2.11. The number of hydrogen-bond acceptors (Lipinski definition) is 4. The SMILES string of the molecule is O=C(Cn1cc(CCO)nn1)NC1CCCC1. The molecular formula is C11H18N4O2. The molecule has 1 saturated carbocycles. The van der Waals surface area contributed by atoms with Gasteiger partial charge in [-0.3, -0.25) is 4.79 Å². The van der Waals surface area contributed by atoms with Gasteiger partial charge in [0, 0.05) is 25.3 Å². The second-order valence-corrected chi connectivity index (χ2v) is 4.43. The molecule has 0 radical (unpaired) electrons. The number of nitrogens with one attached hydrogen (secondary N) is 1. The van der Waals surface area contributed by atoms with Crippen LogP contribution in [0.1, 0.15) is 31.4 Å². The normalized spacial score (nSPS) is 16.3. The molecule has 1 aromatic rings. The van der Waals surface area contributed by atoms with Gasteiger partial charge in [0.15, 0.2) is 0 Å². The minimum Gasteiger partial charge on any atom is -0.396 e. The van der Waals surface area contributed by atoms with Crippen molar-refractivity contribution in [2.75, 3.05) is 6.61 Å². The van der Waals surface area contributed by atoms with E-state index in [9.17, 15) is 4.79 Å². The molecule has 0 saturated heterocycles. The van der Waals surface area contributed by atoms with Gasteiger partial charge in [-0.25, -0.2) is 4.68 Å². The first-order chi connectivity index (χ1) is 8.28. The second-order valence-electron chi connectivity index (χ2n) is 4.43. The fourth-order valence-corrected chi connectivity index (χ4v) is 2.14. The van der Waals surface area contributed by atoms with Gasteiger partial charge in [-0.2, -0.15) is 0 Å². The van der Waals surface area contributed by atoms with Crippen molar-refractivity contribution < 1.29 is 9.90 Å². The molecule has 94 valence electrons. The van der Waals surface area contributed by atoms with Crippen molar-refractivity contribution in [2.45, 2.75) is 44.7 Å². The van der Waals surface area contributed by atoms with E-state index in [0.29, 0.717) is 18.2 Å². The zero-order valence-corrected chi connectivity index (χ0v) is 9.80. The standard InChI is InChI=1S/C11H18N4O2/c16-6-5-10-7-15(14-13-10)8-11(17)12-9-3-1-2-4-9/h7,9,16H,1-6,8H2,(H,12,17). The maximum Gasteiger partial charge on any atom is 0.242 e. The summed E-state index contributed by atoms with van der Waals surface area (Å²) in [6.07, 6.45) is 6.75. The van der Waals surface area contributed by atoms with E-state index < -0.39 is 0 Å². The molecule has 0 aromatic carbocycles. The summed E-state index contributed by atoms with van der Waals surface area (Å²) in [7, 11) is 0. The predicted molar refractivity (Wildman–Crippen MR) is 61.2 cm³/mol. The minimum atomic E-state index is -0.0163. The lowest BCUT2D eigenvalue weighted by molar-refractivity contribution is -0.122. The van der Waals surface area contributed by atoms with Gasteiger partial charge in [-0.15, -0.1) is 5.10 Å². The molecule has 1 heterocycles. The largest absolute Gasteiger partial charge is 0.396 e. The maximum atomic E-state index is 11.7. The molecule has 0 aliphatic heterocycles. The summed E-state index contributed by atoms with van der Waals surface area (Å²) in [5.74, 6) is -0.0163. The summed E-state index contributed by atoms with van der Waals surface area (Å²) in [6, 6.07) is 0.336. The summed E-state index contributed by atoms with van der Waals surface area (Å²) in [6.45, 7) is 0.252. The number of carbonyl (C=O) groups is 1. The third-order valence-corrected chi connectivity index (χ3v) is 2.98. The number of rotatable bonds is 5. The van der Waals surface area contributed by atoms with Crippen LogP contribution < -0.4 is 5.32 Å². The molecule has 1 amide bonds. The Bertz CT molecular complexity index is 371. The van der Waals surface area contributed by atoms with Crippen LogP contribution in [-0.4, -0.2) is 38.7 Å². The van der Waals surface area contributed by atoms with Crippen LogP contribution >= 0.6 is 0 Å². The van der Waals surface area contributed by atoms with Crippen molar-refractivity contribution in [1.29, 1.82) is 0 Å². The molecule has 2 rings (SSSR count). The van der Waals surface area contributed by atoms with E-state index in [0.717, 1.165) is 12.8 Å². The van der Waals surface area contributed by atoms with Gasteiger partial charge in [-0.1, -0.05) is 18.1 Å². The molecule has 1 aliphatic rings. The van der Waals surface area contributed by atoms with Gasteiger partial charge in [0.25, 0.3) is 0 Å². The Balaban J connectivity index is 1.80. The fourth-order valence-electron chi connectivity index (χ4n) is 2.14. The first-order valence-corrected chi connectivity index (χ1v) is 6.07. The molecule has 17 heavy (non-hydrogen) atoms. The fraction of sp³-hybridized carbons (Fsp3) is 0.727. The van der Waals surface area contributed by atoms with Crippen LogP contribution in [0.3, 0.4) is 0 Å². The summed E-state index contributed by atoms with van der Waals surface area (Å²) in [4.78, 5) is 11.7. The van der Waals surface area contributed by atoms with Crippen LogP contribution in [-0.2, 0) is 17.8 Å². The molecule has 0 atom stereocenters. The van der Waals surface area contributed by atoms with Gasteiger partial charge in [0.1, 0.15) is 6.54 Å². The highest BCUT2D eigenvalue weighted by molar-refractivity contribution is 5.75. The van der Waals surface area contributed by atoms with Crippen molar-refractivity contribution in [1.82, 2.24) is 20.3 Å². The summed E-state index contributed by atoms with van der Waals surface area (Å²) < 4.78 is 1.51. The quantitative estimate of drug-likeness (QED) is 0.749. The lowest BCUT2D eigenvalue weighted by Crippen LogP contribution is -2.35. The van der Waals surface area contributed by atoms with Gasteiger partial charge in [0.2, 0.25) is 5.91 Å². The smallest absolute Gasteiger partial charge is 0.242 e. The predicted octanol–water partition coefficient (Wildman–Crippen LogP) is -0.128. The average molecular weight is 238 g/mol. The van der Waals surface area contributed by atoms with E-state index in [4.69, 9.17) is 5.11 Å². The molecule has 2 N–H and O–H groups in total. The molecule has 1 fully saturated rings. The van der Waals surface area contributed by atoms with Crippen molar-refractivity contribution in [3.8, 4) is 0 Å². The molecule has 0 spiro atoms. The highest BCUT2D eigenvalue weighted by Crippen LogP contribution is 2.17. The topological polar surface area (TPSA) is 80.0 Å². The zero-order chi connectivity index (χ0) is 12.1. The molecule has 6 heteroatoms. The van der Waals surface area contributed by atoms with Crippen LogP contribution in [0.25, 0.3) is 0 Å². The Kier molecular flexibility index (Phi) is 4.08. The first-order valence-electron chi connectivity index (χ1n) is 6.07. The molecule has 6 nitrogen and oxygen atoms in total. The monoisotopic (exact) mass is 238 g/mol. The third kappa shape index (κ3) is 3.52. The number of hydrogen-bond donors (Lipinski definition) is 2. The number of nitrogens with zero attached hydrogens (tertiary/aromatic N) is 3. The molecule has 1 aliphatic carbocycles. The van der Waals surface area contributed by atoms with E-state index >= 15 is 0 Å². The van der Waals surface area contributed by atoms with E-state index in [1.54, 1.807) is 6.20 Å². The van der Waals surface area contributed by atoms with Gasteiger partial charge in [-0.05, 0) is 12.8 Å². The molecule has 0 bridgehead atoms. The highest BCUT2D eigenvalue weighted by Gasteiger charge is 2.17. The number of aliphatic hydroxyl groups is 1. The summed E-state index contributed by atoms with van der Waals surface area (Å²) in [5, 5.41) is 19.4. The van der Waals surface area contributed by atoms with E-state index in [1.165, 1.54) is 17.5 Å². The van der Waals surface area contributed by atoms with Crippen molar-refractivity contribution in [3.05, 3.63) is 11.9 Å². The van der Waals surface area contributed by atoms with E-state index in [-0.39, 0.29) is 19.1 Å². The Hall–Kier alpha value is -1.43. The van der Waals surface area contributed by atoms with Gasteiger partial charge < -0.3 is 10.4 Å².